The van der Waals surface area contributed by atoms with Crippen molar-refractivity contribution in [1.29, 1.82) is 0 Å². The Labute approximate surface area is 117 Å². The molecule has 1 aliphatic rings. The minimum absolute atomic E-state index is 0.0379. The standard InChI is InChI=1S/C13H20N4O3/c1-10-8-12(17(19)20)15-16(10)9-13(18)14-11-6-4-2-3-5-7-11/h8,11H,2-7,9H2,1H3,(H,14,18). The van der Waals surface area contributed by atoms with Gasteiger partial charge in [-0.3, -0.25) is 4.79 Å². The molecule has 1 fully saturated rings. The Bertz CT molecular complexity index is 490. The summed E-state index contributed by atoms with van der Waals surface area (Å²) < 4.78 is 1.38. The molecule has 0 bridgehead atoms. The summed E-state index contributed by atoms with van der Waals surface area (Å²) in [7, 11) is 0. The van der Waals surface area contributed by atoms with E-state index in [4.69, 9.17) is 0 Å². The van der Waals surface area contributed by atoms with Gasteiger partial charge >= 0.3 is 5.82 Å². The zero-order valence-electron chi connectivity index (χ0n) is 11.7. The first-order chi connectivity index (χ1) is 9.56. The van der Waals surface area contributed by atoms with Crippen LogP contribution in [0.3, 0.4) is 0 Å². The van der Waals surface area contributed by atoms with Crippen molar-refractivity contribution in [3.8, 4) is 0 Å². The SMILES string of the molecule is Cc1cc([N+](=O)[O-])nn1CC(=O)NC1CCCCCC1. The Morgan fingerprint density at radius 2 is 2.10 bits per heavy atom. The van der Waals surface area contributed by atoms with E-state index in [1.165, 1.54) is 23.6 Å². The summed E-state index contributed by atoms with van der Waals surface area (Å²) in [6.07, 6.45) is 6.80. The highest BCUT2D eigenvalue weighted by Crippen LogP contribution is 2.17. The zero-order valence-corrected chi connectivity index (χ0v) is 11.7. The van der Waals surface area contributed by atoms with Gasteiger partial charge in [0.05, 0.1) is 16.9 Å². The second-order valence-corrected chi connectivity index (χ2v) is 5.31. The number of hydrogen-bond donors (Lipinski definition) is 1. The van der Waals surface area contributed by atoms with E-state index in [0.29, 0.717) is 5.69 Å². The molecule has 1 aromatic rings. The van der Waals surface area contributed by atoms with Crippen LogP contribution in [0.15, 0.2) is 6.07 Å². The van der Waals surface area contributed by atoms with E-state index in [9.17, 15) is 14.9 Å². The van der Waals surface area contributed by atoms with E-state index in [2.05, 4.69) is 10.4 Å². The molecule has 20 heavy (non-hydrogen) atoms. The van der Waals surface area contributed by atoms with Gasteiger partial charge in [-0.1, -0.05) is 25.7 Å². The Balaban J connectivity index is 1.92. The predicted octanol–water partition coefficient (Wildman–Crippen LogP) is 1.94. The summed E-state index contributed by atoms with van der Waals surface area (Å²) in [6.45, 7) is 1.75. The topological polar surface area (TPSA) is 90.1 Å². The number of hydrogen-bond acceptors (Lipinski definition) is 4. The van der Waals surface area contributed by atoms with Gasteiger partial charge in [-0.25, -0.2) is 0 Å². The minimum atomic E-state index is -0.549. The second-order valence-electron chi connectivity index (χ2n) is 5.31. The summed E-state index contributed by atoms with van der Waals surface area (Å²) >= 11 is 0. The molecule has 2 rings (SSSR count). The first kappa shape index (κ1) is 14.5. The summed E-state index contributed by atoms with van der Waals surface area (Å²) in [5.74, 6) is -0.345. The summed E-state index contributed by atoms with van der Waals surface area (Å²) in [5.41, 5.74) is 0.618. The lowest BCUT2D eigenvalue weighted by Gasteiger charge is -2.15. The van der Waals surface area contributed by atoms with Crippen LogP contribution < -0.4 is 5.32 Å². The first-order valence-electron chi connectivity index (χ1n) is 7.04. The van der Waals surface area contributed by atoms with E-state index in [-0.39, 0.29) is 24.3 Å². The van der Waals surface area contributed by atoms with E-state index in [1.54, 1.807) is 6.92 Å². The van der Waals surface area contributed by atoms with E-state index in [0.717, 1.165) is 25.7 Å². The van der Waals surface area contributed by atoms with Crippen LogP contribution in [0.25, 0.3) is 0 Å². The number of nitrogens with one attached hydrogen (secondary N) is 1. The van der Waals surface area contributed by atoms with Gasteiger partial charge in [0.25, 0.3) is 0 Å². The highest BCUT2D eigenvalue weighted by atomic mass is 16.6. The third-order valence-corrected chi connectivity index (χ3v) is 3.67. The molecule has 110 valence electrons. The molecular weight excluding hydrogens is 260 g/mol. The molecule has 0 saturated heterocycles. The van der Waals surface area contributed by atoms with Gasteiger partial charge in [0.2, 0.25) is 5.91 Å². The molecule has 1 saturated carbocycles. The van der Waals surface area contributed by atoms with Crippen molar-refractivity contribution in [1.82, 2.24) is 15.1 Å². The lowest BCUT2D eigenvalue weighted by atomic mass is 10.1. The highest BCUT2D eigenvalue weighted by Gasteiger charge is 2.19. The van der Waals surface area contributed by atoms with Crippen molar-refractivity contribution in [3.05, 3.63) is 21.9 Å². The maximum atomic E-state index is 12.0. The molecule has 0 aliphatic heterocycles. The number of amides is 1. The lowest BCUT2D eigenvalue weighted by Crippen LogP contribution is -2.37. The fourth-order valence-corrected chi connectivity index (χ4v) is 2.58. The predicted molar refractivity (Wildman–Crippen MR) is 73.3 cm³/mol. The van der Waals surface area contributed by atoms with Crippen LogP contribution in [0.4, 0.5) is 5.82 Å². The van der Waals surface area contributed by atoms with Gasteiger partial charge < -0.3 is 15.4 Å². The number of aromatic nitrogens is 2. The third-order valence-electron chi connectivity index (χ3n) is 3.67. The molecule has 0 radical (unpaired) electrons. The van der Waals surface area contributed by atoms with Gasteiger partial charge in [-0.05, 0) is 24.7 Å². The molecule has 0 unspecified atom stereocenters. The number of aryl methyl sites for hydroxylation is 1. The average molecular weight is 280 g/mol. The van der Waals surface area contributed by atoms with Crippen LogP contribution in [0.1, 0.15) is 44.2 Å². The molecule has 7 heteroatoms. The maximum Gasteiger partial charge on any atom is 0.390 e. The van der Waals surface area contributed by atoms with Crippen molar-refractivity contribution in [2.24, 2.45) is 0 Å². The van der Waals surface area contributed by atoms with Crippen molar-refractivity contribution < 1.29 is 9.72 Å². The summed E-state index contributed by atoms with van der Waals surface area (Å²) in [4.78, 5) is 22.1. The van der Waals surface area contributed by atoms with E-state index in [1.807, 2.05) is 0 Å². The van der Waals surface area contributed by atoms with Gasteiger partial charge in [0.15, 0.2) is 0 Å². The van der Waals surface area contributed by atoms with Crippen LogP contribution in [0.5, 0.6) is 0 Å². The molecule has 1 heterocycles. The fourth-order valence-electron chi connectivity index (χ4n) is 2.58. The molecular formula is C13H20N4O3. The van der Waals surface area contributed by atoms with Crippen molar-refractivity contribution >= 4 is 11.7 Å². The maximum absolute atomic E-state index is 12.0. The molecule has 0 aromatic carbocycles. The molecule has 1 aromatic heterocycles. The van der Waals surface area contributed by atoms with Crippen molar-refractivity contribution in [3.63, 3.8) is 0 Å². The number of carbonyl (C=O) groups is 1. The van der Waals surface area contributed by atoms with Gasteiger partial charge in [-0.2, -0.15) is 4.68 Å². The van der Waals surface area contributed by atoms with Gasteiger partial charge in [-0.15, -0.1) is 0 Å². The fraction of sp³-hybridized carbons (Fsp3) is 0.692. The van der Waals surface area contributed by atoms with Crippen molar-refractivity contribution in [2.75, 3.05) is 0 Å². The molecule has 7 nitrogen and oxygen atoms in total. The smallest absolute Gasteiger partial charge is 0.358 e. The molecule has 1 amide bonds. The Kier molecular flexibility index (Phi) is 4.70. The number of carbonyl (C=O) groups excluding carboxylic acids is 1. The Morgan fingerprint density at radius 1 is 1.45 bits per heavy atom. The van der Waals surface area contributed by atoms with Crippen LogP contribution >= 0.6 is 0 Å². The average Bonchev–Trinajstić information content (AvgIpc) is 2.61. The monoisotopic (exact) mass is 280 g/mol. The van der Waals surface area contributed by atoms with Gasteiger partial charge in [0, 0.05) is 6.04 Å². The Morgan fingerprint density at radius 3 is 2.65 bits per heavy atom. The third kappa shape index (κ3) is 3.79. The molecule has 1 aliphatic carbocycles. The second kappa shape index (κ2) is 6.49. The van der Waals surface area contributed by atoms with Crippen LogP contribution in [0, 0.1) is 17.0 Å². The number of nitrogens with zero attached hydrogens (tertiary/aromatic N) is 3. The van der Waals surface area contributed by atoms with Crippen LogP contribution in [0.2, 0.25) is 0 Å². The molecule has 0 atom stereocenters. The first-order valence-corrected chi connectivity index (χ1v) is 7.04. The molecule has 0 spiro atoms. The summed E-state index contributed by atoms with van der Waals surface area (Å²) in [6, 6.07) is 1.61. The van der Waals surface area contributed by atoms with Crippen LogP contribution in [-0.4, -0.2) is 26.7 Å². The largest absolute Gasteiger partial charge is 0.390 e. The molecule has 1 N–H and O–H groups in total. The van der Waals surface area contributed by atoms with E-state index < -0.39 is 4.92 Å². The van der Waals surface area contributed by atoms with Gasteiger partial charge in [0.1, 0.15) is 6.54 Å². The normalized spacial score (nSPS) is 16.6. The quantitative estimate of drug-likeness (QED) is 0.518. The Hall–Kier alpha value is -1.92. The van der Waals surface area contributed by atoms with Crippen molar-refractivity contribution in [2.45, 2.75) is 58.0 Å². The highest BCUT2D eigenvalue weighted by molar-refractivity contribution is 5.76. The van der Waals surface area contributed by atoms with Crippen LogP contribution in [-0.2, 0) is 11.3 Å². The number of nitro groups is 1. The summed E-state index contributed by atoms with van der Waals surface area (Å²) in [5, 5.41) is 17.5. The number of rotatable bonds is 4. The van der Waals surface area contributed by atoms with E-state index >= 15 is 0 Å². The zero-order chi connectivity index (χ0) is 14.5. The lowest BCUT2D eigenvalue weighted by molar-refractivity contribution is -0.389. The minimum Gasteiger partial charge on any atom is -0.358 e.